The third-order valence-corrected chi connectivity index (χ3v) is 4.33. The van der Waals surface area contributed by atoms with Crippen molar-refractivity contribution < 1.29 is 9.90 Å². The fourth-order valence-corrected chi connectivity index (χ4v) is 2.97. The van der Waals surface area contributed by atoms with Crippen LogP contribution in [0.25, 0.3) is 0 Å². The predicted molar refractivity (Wildman–Crippen MR) is 84.5 cm³/mol. The highest BCUT2D eigenvalue weighted by Crippen LogP contribution is 2.24. The summed E-state index contributed by atoms with van der Waals surface area (Å²) >= 11 is 0. The molecule has 2 rings (SSSR count). The van der Waals surface area contributed by atoms with Gasteiger partial charge in [-0.3, -0.25) is 4.90 Å². The van der Waals surface area contributed by atoms with E-state index in [9.17, 15) is 4.79 Å². The van der Waals surface area contributed by atoms with Gasteiger partial charge in [-0.25, -0.2) is 4.79 Å². The Morgan fingerprint density at radius 1 is 1.19 bits per heavy atom. The molecule has 0 spiro atoms. The summed E-state index contributed by atoms with van der Waals surface area (Å²) in [4.78, 5) is 15.9. The highest BCUT2D eigenvalue weighted by atomic mass is 16.4. The molecule has 1 aromatic carbocycles. The SMILES string of the molecule is CCN(CC)CCCCN1Cc2ccc(C(=O)O)cc2C1. The lowest BCUT2D eigenvalue weighted by Gasteiger charge is -2.19. The van der Waals surface area contributed by atoms with Crippen LogP contribution in [0.1, 0.15) is 48.2 Å². The van der Waals surface area contributed by atoms with E-state index >= 15 is 0 Å². The zero-order valence-corrected chi connectivity index (χ0v) is 13.1. The molecule has 0 saturated heterocycles. The zero-order chi connectivity index (χ0) is 15.2. The molecule has 116 valence electrons. The third-order valence-electron chi connectivity index (χ3n) is 4.33. The Balaban J connectivity index is 1.77. The van der Waals surface area contributed by atoms with Crippen LogP contribution in [0.2, 0.25) is 0 Å². The van der Waals surface area contributed by atoms with Gasteiger partial charge in [0, 0.05) is 13.1 Å². The summed E-state index contributed by atoms with van der Waals surface area (Å²) in [6.45, 7) is 10.8. The van der Waals surface area contributed by atoms with Crippen molar-refractivity contribution in [3.8, 4) is 0 Å². The maximum atomic E-state index is 11.0. The van der Waals surface area contributed by atoms with Crippen LogP contribution in [0, 0.1) is 0 Å². The number of carboxylic acids is 1. The molecule has 0 saturated carbocycles. The number of carboxylic acid groups (broad SMARTS) is 1. The van der Waals surface area contributed by atoms with Gasteiger partial charge in [-0.1, -0.05) is 19.9 Å². The Hall–Kier alpha value is -1.39. The number of fused-ring (bicyclic) bond motifs is 1. The van der Waals surface area contributed by atoms with Gasteiger partial charge in [-0.05, 0) is 62.3 Å². The minimum absolute atomic E-state index is 0.400. The normalized spacial score (nSPS) is 14.6. The van der Waals surface area contributed by atoms with Crippen molar-refractivity contribution in [3.05, 3.63) is 34.9 Å². The highest BCUT2D eigenvalue weighted by Gasteiger charge is 2.19. The highest BCUT2D eigenvalue weighted by molar-refractivity contribution is 5.87. The number of benzene rings is 1. The van der Waals surface area contributed by atoms with E-state index in [4.69, 9.17) is 5.11 Å². The third kappa shape index (κ3) is 4.29. The minimum Gasteiger partial charge on any atom is -0.478 e. The molecule has 0 atom stereocenters. The molecule has 0 aromatic heterocycles. The molecule has 0 bridgehead atoms. The number of nitrogens with zero attached hydrogens (tertiary/aromatic N) is 2. The maximum Gasteiger partial charge on any atom is 0.335 e. The molecular weight excluding hydrogens is 264 g/mol. The van der Waals surface area contributed by atoms with E-state index in [1.54, 1.807) is 6.07 Å². The van der Waals surface area contributed by atoms with Crippen LogP contribution in [0.4, 0.5) is 0 Å². The number of carbonyl (C=O) groups is 1. The van der Waals surface area contributed by atoms with E-state index in [1.807, 2.05) is 12.1 Å². The first kappa shape index (κ1) is 16.0. The van der Waals surface area contributed by atoms with Gasteiger partial charge in [0.2, 0.25) is 0 Å². The molecule has 4 nitrogen and oxygen atoms in total. The zero-order valence-electron chi connectivity index (χ0n) is 13.1. The van der Waals surface area contributed by atoms with E-state index in [0.29, 0.717) is 5.56 Å². The molecular formula is C17H26N2O2. The summed E-state index contributed by atoms with van der Waals surface area (Å²) < 4.78 is 0. The summed E-state index contributed by atoms with van der Waals surface area (Å²) in [6.07, 6.45) is 2.44. The molecule has 1 N–H and O–H groups in total. The summed E-state index contributed by atoms with van der Waals surface area (Å²) in [5, 5.41) is 9.04. The topological polar surface area (TPSA) is 43.8 Å². The molecule has 1 aliphatic rings. The van der Waals surface area contributed by atoms with Gasteiger partial charge in [0.1, 0.15) is 0 Å². The monoisotopic (exact) mass is 290 g/mol. The van der Waals surface area contributed by atoms with Crippen molar-refractivity contribution in [2.45, 2.75) is 39.8 Å². The van der Waals surface area contributed by atoms with Gasteiger partial charge >= 0.3 is 5.97 Å². The number of unbranched alkanes of at least 4 members (excludes halogenated alkanes) is 1. The van der Waals surface area contributed by atoms with Crippen molar-refractivity contribution in [1.82, 2.24) is 9.80 Å². The van der Waals surface area contributed by atoms with Crippen LogP contribution >= 0.6 is 0 Å². The summed E-state index contributed by atoms with van der Waals surface area (Å²) in [7, 11) is 0. The minimum atomic E-state index is -0.838. The second-order valence-corrected chi connectivity index (χ2v) is 5.73. The lowest BCUT2D eigenvalue weighted by molar-refractivity contribution is 0.0696. The van der Waals surface area contributed by atoms with Crippen molar-refractivity contribution in [1.29, 1.82) is 0 Å². The van der Waals surface area contributed by atoms with Crippen LogP contribution in [0.3, 0.4) is 0 Å². The lowest BCUT2D eigenvalue weighted by Crippen LogP contribution is -2.25. The van der Waals surface area contributed by atoms with Gasteiger partial charge in [0.05, 0.1) is 5.56 Å². The molecule has 0 fully saturated rings. The van der Waals surface area contributed by atoms with Crippen LogP contribution in [-0.2, 0) is 13.1 Å². The Morgan fingerprint density at radius 2 is 1.90 bits per heavy atom. The first-order valence-corrected chi connectivity index (χ1v) is 7.93. The summed E-state index contributed by atoms with van der Waals surface area (Å²) in [5.74, 6) is -0.838. The van der Waals surface area contributed by atoms with Crippen molar-refractivity contribution in [3.63, 3.8) is 0 Å². The fraction of sp³-hybridized carbons (Fsp3) is 0.588. The molecule has 1 aromatic rings. The predicted octanol–water partition coefficient (Wildman–Crippen LogP) is 2.82. The quantitative estimate of drug-likeness (QED) is 0.748. The van der Waals surface area contributed by atoms with Crippen molar-refractivity contribution >= 4 is 5.97 Å². The first-order valence-electron chi connectivity index (χ1n) is 7.93. The Kier molecular flexibility index (Phi) is 5.76. The second kappa shape index (κ2) is 7.57. The number of rotatable bonds is 8. The van der Waals surface area contributed by atoms with E-state index in [0.717, 1.165) is 32.7 Å². The molecule has 4 heteroatoms. The number of hydrogen-bond acceptors (Lipinski definition) is 3. The molecule has 0 aliphatic carbocycles. The average Bonchev–Trinajstić information content (AvgIpc) is 2.89. The Labute approximate surface area is 127 Å². The van der Waals surface area contributed by atoms with E-state index in [2.05, 4.69) is 23.6 Å². The van der Waals surface area contributed by atoms with Crippen LogP contribution < -0.4 is 0 Å². The van der Waals surface area contributed by atoms with Gasteiger partial charge < -0.3 is 10.0 Å². The molecule has 0 radical (unpaired) electrons. The van der Waals surface area contributed by atoms with Crippen LogP contribution in [-0.4, -0.2) is 47.1 Å². The molecule has 1 aliphatic heterocycles. The molecule has 1 heterocycles. The Morgan fingerprint density at radius 3 is 2.57 bits per heavy atom. The van der Waals surface area contributed by atoms with Crippen LogP contribution in [0.5, 0.6) is 0 Å². The van der Waals surface area contributed by atoms with Gasteiger partial charge in [0.15, 0.2) is 0 Å². The van der Waals surface area contributed by atoms with Crippen molar-refractivity contribution in [2.24, 2.45) is 0 Å². The molecule has 21 heavy (non-hydrogen) atoms. The first-order chi connectivity index (χ1) is 10.1. The fourth-order valence-electron chi connectivity index (χ4n) is 2.97. The smallest absolute Gasteiger partial charge is 0.335 e. The second-order valence-electron chi connectivity index (χ2n) is 5.73. The van der Waals surface area contributed by atoms with E-state index < -0.39 is 5.97 Å². The average molecular weight is 290 g/mol. The lowest BCUT2D eigenvalue weighted by atomic mass is 10.1. The van der Waals surface area contributed by atoms with Crippen molar-refractivity contribution in [2.75, 3.05) is 26.2 Å². The van der Waals surface area contributed by atoms with Gasteiger partial charge in [-0.2, -0.15) is 0 Å². The maximum absolute atomic E-state index is 11.0. The molecule has 0 unspecified atom stereocenters. The standard InChI is InChI=1S/C17H26N2O2/c1-3-18(4-2)9-5-6-10-19-12-15-8-7-14(17(20)21)11-16(15)13-19/h7-8,11H,3-6,9-10,12-13H2,1-2H3,(H,20,21). The largest absolute Gasteiger partial charge is 0.478 e. The summed E-state index contributed by atoms with van der Waals surface area (Å²) in [6, 6.07) is 5.51. The van der Waals surface area contributed by atoms with Gasteiger partial charge in [-0.15, -0.1) is 0 Å². The van der Waals surface area contributed by atoms with E-state index in [1.165, 1.54) is 30.5 Å². The van der Waals surface area contributed by atoms with E-state index in [-0.39, 0.29) is 0 Å². The molecule has 0 amide bonds. The number of aromatic carboxylic acids is 1. The van der Waals surface area contributed by atoms with Crippen LogP contribution in [0.15, 0.2) is 18.2 Å². The summed E-state index contributed by atoms with van der Waals surface area (Å²) in [5.41, 5.74) is 2.86. The number of hydrogen-bond donors (Lipinski definition) is 1. The Bertz CT molecular complexity index is 484. The van der Waals surface area contributed by atoms with Gasteiger partial charge in [0.25, 0.3) is 0 Å².